The number of benzene rings is 2. The number of halogens is 3. The third-order valence-electron chi connectivity index (χ3n) is 4.08. The van der Waals surface area contributed by atoms with Crippen molar-refractivity contribution in [3.05, 3.63) is 64.0 Å². The van der Waals surface area contributed by atoms with Crippen LogP contribution in [0.2, 0.25) is 0 Å². The minimum absolute atomic E-state index is 0.192. The molecule has 0 aliphatic carbocycles. The zero-order valence-electron chi connectivity index (χ0n) is 16.2. The molecule has 6 nitrogen and oxygen atoms in total. The van der Waals surface area contributed by atoms with E-state index in [1.165, 1.54) is 0 Å². The number of ether oxygens (including phenoxy) is 2. The number of rotatable bonds is 7. The van der Waals surface area contributed by atoms with Gasteiger partial charge in [0, 0.05) is 4.47 Å². The Morgan fingerprint density at radius 2 is 1.81 bits per heavy atom. The highest BCUT2D eigenvalue weighted by molar-refractivity contribution is 14.1. The number of hydrogen-bond acceptors (Lipinski definition) is 6. The second kappa shape index (κ2) is 11.1. The van der Waals surface area contributed by atoms with Crippen LogP contribution in [0.5, 0.6) is 5.75 Å². The lowest BCUT2D eigenvalue weighted by atomic mass is 10.2. The molecule has 0 saturated carbocycles. The van der Waals surface area contributed by atoms with Gasteiger partial charge in [-0.3, -0.25) is 19.3 Å². The molecule has 0 N–H and O–H groups in total. The van der Waals surface area contributed by atoms with Crippen LogP contribution in [0.4, 0.5) is 4.79 Å². The topological polar surface area (TPSA) is 72.9 Å². The molecular weight excluding hydrogens is 712 g/mol. The van der Waals surface area contributed by atoms with E-state index in [1.54, 1.807) is 13.0 Å². The molecule has 0 radical (unpaired) electrons. The Morgan fingerprint density at radius 3 is 2.42 bits per heavy atom. The van der Waals surface area contributed by atoms with Crippen LogP contribution < -0.4 is 4.74 Å². The van der Waals surface area contributed by atoms with Gasteiger partial charge in [0.25, 0.3) is 11.1 Å². The predicted octanol–water partition coefficient (Wildman–Crippen LogP) is 5.84. The Bertz CT molecular complexity index is 1040. The van der Waals surface area contributed by atoms with Crippen molar-refractivity contribution in [2.45, 2.75) is 13.5 Å². The molecule has 1 fully saturated rings. The molecule has 2 amide bonds. The summed E-state index contributed by atoms with van der Waals surface area (Å²) in [6.45, 7) is 1.91. The Kier molecular flexibility index (Phi) is 8.82. The molecule has 0 spiro atoms. The van der Waals surface area contributed by atoms with Crippen molar-refractivity contribution in [1.29, 1.82) is 0 Å². The van der Waals surface area contributed by atoms with Crippen LogP contribution in [-0.2, 0) is 20.9 Å². The van der Waals surface area contributed by atoms with Gasteiger partial charge in [-0.25, -0.2) is 0 Å². The van der Waals surface area contributed by atoms with Gasteiger partial charge in [-0.05, 0) is 105 Å². The largest absolute Gasteiger partial charge is 0.487 e. The number of nitrogens with zero attached hydrogens (tertiary/aromatic N) is 1. The van der Waals surface area contributed by atoms with E-state index >= 15 is 0 Å². The number of hydrogen-bond donors (Lipinski definition) is 0. The van der Waals surface area contributed by atoms with Gasteiger partial charge in [0.1, 0.15) is 18.9 Å². The summed E-state index contributed by atoms with van der Waals surface area (Å²) < 4.78 is 13.6. The summed E-state index contributed by atoms with van der Waals surface area (Å²) in [6, 6.07) is 11.7. The first-order valence-electron chi connectivity index (χ1n) is 9.05. The highest BCUT2D eigenvalue weighted by Crippen LogP contribution is 2.35. The molecule has 162 valence electrons. The molecule has 1 heterocycles. The summed E-state index contributed by atoms with van der Waals surface area (Å²) >= 11 is 8.61. The third kappa shape index (κ3) is 6.45. The number of carbonyl (C=O) groups excluding carboxylic acids is 3. The molecule has 0 bridgehead atoms. The SMILES string of the molecule is CCOC(=O)CN1C(=O)SC(=Cc2cc(I)c(OCc3ccc(Br)cc3)c(I)c2)C1=O. The standard InChI is InChI=1S/C21H16BrI2NO5S/c1-2-29-18(26)10-25-20(27)17(31-21(25)28)9-13-7-15(23)19(16(24)8-13)30-11-12-3-5-14(22)6-4-12/h3-9H,2,10-11H2,1H3. The van der Waals surface area contributed by atoms with Crippen LogP contribution in [0.1, 0.15) is 18.1 Å². The summed E-state index contributed by atoms with van der Waals surface area (Å²) in [6.07, 6.45) is 1.65. The lowest BCUT2D eigenvalue weighted by molar-refractivity contribution is -0.145. The van der Waals surface area contributed by atoms with Gasteiger partial charge < -0.3 is 9.47 Å². The molecule has 1 saturated heterocycles. The second-order valence-corrected chi connectivity index (χ2v) is 10.5. The number of imide groups is 1. The zero-order chi connectivity index (χ0) is 22.5. The number of carbonyl (C=O) groups is 3. The molecule has 2 aromatic carbocycles. The van der Waals surface area contributed by atoms with Crippen LogP contribution in [0, 0.1) is 7.14 Å². The molecular formula is C21H16BrI2NO5S. The van der Waals surface area contributed by atoms with Crippen LogP contribution in [-0.4, -0.2) is 35.2 Å². The first kappa shape index (κ1) is 24.5. The lowest BCUT2D eigenvalue weighted by Gasteiger charge is -2.12. The van der Waals surface area contributed by atoms with E-state index in [9.17, 15) is 14.4 Å². The van der Waals surface area contributed by atoms with E-state index in [-0.39, 0.29) is 18.1 Å². The van der Waals surface area contributed by atoms with Crippen molar-refractivity contribution in [1.82, 2.24) is 4.90 Å². The van der Waals surface area contributed by atoms with E-state index in [0.29, 0.717) is 6.61 Å². The van der Waals surface area contributed by atoms with E-state index in [1.807, 2.05) is 36.4 Å². The number of thioether (sulfide) groups is 1. The number of esters is 1. The van der Waals surface area contributed by atoms with Gasteiger partial charge >= 0.3 is 5.97 Å². The summed E-state index contributed by atoms with van der Waals surface area (Å²) in [7, 11) is 0. The molecule has 10 heteroatoms. The molecule has 1 aliphatic heterocycles. The molecule has 1 aliphatic rings. The molecule has 3 rings (SSSR count). The average molecular weight is 728 g/mol. The van der Waals surface area contributed by atoms with Gasteiger partial charge in [-0.1, -0.05) is 28.1 Å². The average Bonchev–Trinajstić information content (AvgIpc) is 2.96. The molecule has 0 atom stereocenters. The molecule has 2 aromatic rings. The summed E-state index contributed by atoms with van der Waals surface area (Å²) in [5.41, 5.74) is 1.82. The smallest absolute Gasteiger partial charge is 0.326 e. The second-order valence-electron chi connectivity index (χ2n) is 6.30. The fourth-order valence-electron chi connectivity index (χ4n) is 2.66. The molecule has 0 unspecified atom stereocenters. The monoisotopic (exact) mass is 727 g/mol. The summed E-state index contributed by atoms with van der Waals surface area (Å²) in [5, 5.41) is -0.483. The van der Waals surface area contributed by atoms with Gasteiger partial charge in [-0.15, -0.1) is 0 Å². The first-order valence-corrected chi connectivity index (χ1v) is 12.8. The van der Waals surface area contributed by atoms with Crippen LogP contribution in [0.15, 0.2) is 45.8 Å². The fourth-order valence-corrected chi connectivity index (χ4v) is 5.89. The van der Waals surface area contributed by atoms with Crippen molar-refractivity contribution in [2.75, 3.05) is 13.2 Å². The Labute approximate surface area is 219 Å². The third-order valence-corrected chi connectivity index (χ3v) is 7.12. The van der Waals surface area contributed by atoms with E-state index in [2.05, 4.69) is 61.1 Å². The van der Waals surface area contributed by atoms with Gasteiger partial charge in [0.2, 0.25) is 0 Å². The first-order chi connectivity index (χ1) is 14.8. The Morgan fingerprint density at radius 1 is 1.16 bits per heavy atom. The predicted molar refractivity (Wildman–Crippen MR) is 140 cm³/mol. The maximum atomic E-state index is 12.6. The fraction of sp³-hybridized carbons (Fsp3) is 0.190. The number of amides is 2. The summed E-state index contributed by atoms with van der Waals surface area (Å²) in [4.78, 5) is 37.5. The van der Waals surface area contributed by atoms with Crippen molar-refractivity contribution in [3.8, 4) is 5.75 Å². The van der Waals surface area contributed by atoms with E-state index in [0.717, 1.165) is 45.2 Å². The van der Waals surface area contributed by atoms with Crippen molar-refractivity contribution in [2.24, 2.45) is 0 Å². The quantitative estimate of drug-likeness (QED) is 0.203. The molecule has 31 heavy (non-hydrogen) atoms. The van der Waals surface area contributed by atoms with Crippen LogP contribution in [0.3, 0.4) is 0 Å². The van der Waals surface area contributed by atoms with Crippen LogP contribution in [0.25, 0.3) is 6.08 Å². The minimum atomic E-state index is -0.609. The lowest BCUT2D eigenvalue weighted by Crippen LogP contribution is -2.34. The van der Waals surface area contributed by atoms with Gasteiger partial charge in [0.05, 0.1) is 18.7 Å². The molecule has 0 aromatic heterocycles. The van der Waals surface area contributed by atoms with E-state index in [4.69, 9.17) is 9.47 Å². The minimum Gasteiger partial charge on any atom is -0.487 e. The van der Waals surface area contributed by atoms with Crippen molar-refractivity contribution >= 4 is 96.1 Å². The highest BCUT2D eigenvalue weighted by atomic mass is 127. The van der Waals surface area contributed by atoms with Crippen molar-refractivity contribution < 1.29 is 23.9 Å². The maximum absolute atomic E-state index is 12.6. The van der Waals surface area contributed by atoms with Gasteiger partial charge in [-0.2, -0.15) is 0 Å². The van der Waals surface area contributed by atoms with Crippen molar-refractivity contribution in [3.63, 3.8) is 0 Å². The Balaban J connectivity index is 1.74. The highest BCUT2D eigenvalue weighted by Gasteiger charge is 2.36. The van der Waals surface area contributed by atoms with Crippen LogP contribution >= 0.6 is 72.9 Å². The maximum Gasteiger partial charge on any atom is 0.326 e. The normalized spacial score (nSPS) is 15.0. The zero-order valence-corrected chi connectivity index (χ0v) is 22.9. The van der Waals surface area contributed by atoms with E-state index < -0.39 is 17.1 Å². The van der Waals surface area contributed by atoms with Gasteiger partial charge in [0.15, 0.2) is 0 Å². The Hall–Kier alpha value is -1.12. The summed E-state index contributed by atoms with van der Waals surface area (Å²) in [5.74, 6) is -0.345.